The Morgan fingerprint density at radius 3 is 2.37 bits per heavy atom. The van der Waals surface area contributed by atoms with Gasteiger partial charge in [0.15, 0.2) is 0 Å². The number of hydrogen-bond acceptors (Lipinski definition) is 5. The molecule has 0 bridgehead atoms. The Kier molecular flexibility index (Phi) is 7.42. The number of nitrogens with zero attached hydrogens (tertiary/aromatic N) is 2. The Labute approximate surface area is 164 Å². The average Bonchev–Trinajstić information content (AvgIpc) is 2.66. The van der Waals surface area contributed by atoms with Gasteiger partial charge < -0.3 is 5.32 Å². The number of amides is 1. The maximum atomic E-state index is 12.5. The van der Waals surface area contributed by atoms with Gasteiger partial charge in [0.25, 0.3) is 0 Å². The number of carbonyl (C=O) groups excluding carboxylic acids is 1. The topological polar surface area (TPSA) is 90.3 Å². The molecule has 0 aliphatic heterocycles. The predicted octanol–water partition coefficient (Wildman–Crippen LogP) is 2.40. The molecule has 0 saturated carbocycles. The van der Waals surface area contributed by atoms with Crippen molar-refractivity contribution >= 4 is 27.7 Å². The van der Waals surface area contributed by atoms with E-state index in [-0.39, 0.29) is 17.3 Å². The highest BCUT2D eigenvalue weighted by Crippen LogP contribution is 2.17. The van der Waals surface area contributed by atoms with Gasteiger partial charge in [-0.1, -0.05) is 17.7 Å². The summed E-state index contributed by atoms with van der Waals surface area (Å²) in [5, 5.41) is 11.5. The van der Waals surface area contributed by atoms with Crippen LogP contribution in [0.15, 0.2) is 58.3 Å². The lowest BCUT2D eigenvalue weighted by molar-refractivity contribution is -0.121. The molecule has 2 aromatic rings. The molecule has 27 heavy (non-hydrogen) atoms. The van der Waals surface area contributed by atoms with Gasteiger partial charge >= 0.3 is 0 Å². The maximum Gasteiger partial charge on any atom is 0.243 e. The van der Waals surface area contributed by atoms with Crippen LogP contribution >= 0.6 is 11.8 Å². The van der Waals surface area contributed by atoms with Crippen molar-refractivity contribution in [3.05, 3.63) is 59.7 Å². The number of nitriles is 1. The van der Waals surface area contributed by atoms with Gasteiger partial charge in [-0.3, -0.25) is 4.79 Å². The van der Waals surface area contributed by atoms with E-state index in [1.54, 1.807) is 11.8 Å². The van der Waals surface area contributed by atoms with Crippen LogP contribution in [0.4, 0.5) is 0 Å². The first kappa shape index (κ1) is 21.0. The second-order valence-electron chi connectivity index (χ2n) is 5.91. The zero-order chi connectivity index (χ0) is 19.9. The van der Waals surface area contributed by atoms with Crippen LogP contribution in [0.2, 0.25) is 0 Å². The van der Waals surface area contributed by atoms with E-state index < -0.39 is 10.0 Å². The molecule has 0 saturated heterocycles. The minimum atomic E-state index is -3.78. The molecular formula is C19H21N3O3S2. The normalized spacial score (nSPS) is 11.2. The van der Waals surface area contributed by atoms with Crippen LogP contribution < -0.4 is 5.32 Å². The molecular weight excluding hydrogens is 382 g/mol. The quantitative estimate of drug-likeness (QED) is 0.540. The second-order valence-corrected chi connectivity index (χ2v) is 9.12. The van der Waals surface area contributed by atoms with E-state index in [9.17, 15) is 13.2 Å². The third-order valence-corrected chi connectivity index (χ3v) is 6.60. The lowest BCUT2D eigenvalue weighted by Crippen LogP contribution is -2.39. The van der Waals surface area contributed by atoms with Crippen LogP contribution in [0.3, 0.4) is 0 Å². The van der Waals surface area contributed by atoms with E-state index in [0.29, 0.717) is 17.9 Å². The Hall–Kier alpha value is -2.34. The van der Waals surface area contributed by atoms with E-state index in [2.05, 4.69) is 5.32 Å². The Balaban J connectivity index is 1.81. The standard InChI is InChI=1S/C19H21N3O3S2/c1-15-3-7-17(8-4-15)26-12-11-21-19(23)14-22(2)27(24,25)18-9-5-16(13-20)6-10-18/h3-10H,11-12,14H2,1-2H3,(H,21,23). The van der Waals surface area contributed by atoms with Gasteiger partial charge in [0.2, 0.25) is 15.9 Å². The zero-order valence-corrected chi connectivity index (χ0v) is 16.8. The molecule has 0 atom stereocenters. The molecule has 0 aliphatic rings. The number of carbonyl (C=O) groups is 1. The van der Waals surface area contributed by atoms with Crippen LogP contribution in [0, 0.1) is 18.3 Å². The molecule has 0 spiro atoms. The van der Waals surface area contributed by atoms with Gasteiger partial charge in [0, 0.05) is 24.2 Å². The van der Waals surface area contributed by atoms with Gasteiger partial charge in [0.1, 0.15) is 0 Å². The van der Waals surface area contributed by atoms with Gasteiger partial charge in [0.05, 0.1) is 23.1 Å². The van der Waals surface area contributed by atoms with Gasteiger partial charge in [-0.2, -0.15) is 9.57 Å². The molecule has 0 radical (unpaired) electrons. The average molecular weight is 404 g/mol. The molecule has 0 fully saturated rings. The number of sulfonamides is 1. The van der Waals surface area contributed by atoms with Gasteiger partial charge in [-0.15, -0.1) is 11.8 Å². The van der Waals surface area contributed by atoms with Crippen molar-refractivity contribution in [2.45, 2.75) is 16.7 Å². The zero-order valence-electron chi connectivity index (χ0n) is 15.2. The summed E-state index contributed by atoms with van der Waals surface area (Å²) >= 11 is 1.62. The Bertz CT molecular complexity index is 918. The molecule has 0 unspecified atom stereocenters. The maximum absolute atomic E-state index is 12.5. The third-order valence-electron chi connectivity index (χ3n) is 3.77. The van der Waals surface area contributed by atoms with E-state index in [1.165, 1.54) is 36.9 Å². The summed E-state index contributed by atoms with van der Waals surface area (Å²) in [6.07, 6.45) is 0. The third kappa shape index (κ3) is 6.10. The smallest absolute Gasteiger partial charge is 0.243 e. The molecule has 0 aromatic heterocycles. The number of benzene rings is 2. The molecule has 6 nitrogen and oxygen atoms in total. The summed E-state index contributed by atoms with van der Waals surface area (Å²) in [6, 6.07) is 15.6. The minimum absolute atomic E-state index is 0.0479. The van der Waals surface area contributed by atoms with Crippen molar-refractivity contribution in [2.24, 2.45) is 0 Å². The number of aryl methyl sites for hydroxylation is 1. The van der Waals surface area contributed by atoms with Crippen LogP contribution in [0.1, 0.15) is 11.1 Å². The number of likely N-dealkylation sites (N-methyl/N-ethyl adjacent to an activating group) is 1. The minimum Gasteiger partial charge on any atom is -0.354 e. The highest BCUT2D eigenvalue weighted by atomic mass is 32.2. The second kappa shape index (κ2) is 9.55. The summed E-state index contributed by atoms with van der Waals surface area (Å²) in [5.41, 5.74) is 1.57. The SMILES string of the molecule is Cc1ccc(SCCNC(=O)CN(C)S(=O)(=O)c2ccc(C#N)cc2)cc1. The van der Waals surface area contributed by atoms with Gasteiger partial charge in [-0.25, -0.2) is 8.42 Å². The van der Waals surface area contributed by atoms with Crippen molar-refractivity contribution < 1.29 is 13.2 Å². The summed E-state index contributed by atoms with van der Waals surface area (Å²) in [4.78, 5) is 13.2. The number of nitrogens with one attached hydrogen (secondary N) is 1. The fourth-order valence-electron chi connectivity index (χ4n) is 2.22. The number of rotatable bonds is 8. The first-order valence-electron chi connectivity index (χ1n) is 8.25. The molecule has 0 aliphatic carbocycles. The summed E-state index contributed by atoms with van der Waals surface area (Å²) in [7, 11) is -2.42. The molecule has 0 heterocycles. The predicted molar refractivity (Wildman–Crippen MR) is 106 cm³/mol. The fourth-order valence-corrected chi connectivity index (χ4v) is 4.11. The van der Waals surface area contributed by atoms with E-state index in [4.69, 9.17) is 5.26 Å². The molecule has 142 valence electrons. The van der Waals surface area contributed by atoms with Crippen molar-refractivity contribution in [1.29, 1.82) is 5.26 Å². The summed E-state index contributed by atoms with van der Waals surface area (Å²) in [6.45, 7) is 2.21. The van der Waals surface area contributed by atoms with Crippen LogP contribution in [0.5, 0.6) is 0 Å². The fraction of sp³-hybridized carbons (Fsp3) is 0.263. The first-order chi connectivity index (χ1) is 12.8. The molecule has 1 amide bonds. The molecule has 1 N–H and O–H groups in total. The number of hydrogen-bond donors (Lipinski definition) is 1. The van der Waals surface area contributed by atoms with Crippen molar-refractivity contribution in [3.63, 3.8) is 0 Å². The molecule has 2 aromatic carbocycles. The molecule has 8 heteroatoms. The van der Waals surface area contributed by atoms with Crippen LogP contribution in [-0.2, 0) is 14.8 Å². The van der Waals surface area contributed by atoms with Crippen molar-refractivity contribution in [3.8, 4) is 6.07 Å². The Morgan fingerprint density at radius 2 is 1.78 bits per heavy atom. The Morgan fingerprint density at radius 1 is 1.15 bits per heavy atom. The number of thioether (sulfide) groups is 1. The lowest BCUT2D eigenvalue weighted by Gasteiger charge is -2.17. The highest BCUT2D eigenvalue weighted by Gasteiger charge is 2.22. The van der Waals surface area contributed by atoms with Crippen LogP contribution in [-0.4, -0.2) is 44.5 Å². The van der Waals surface area contributed by atoms with Gasteiger partial charge in [-0.05, 0) is 43.3 Å². The molecule has 2 rings (SSSR count). The summed E-state index contributed by atoms with van der Waals surface area (Å²) in [5.74, 6) is 0.333. The summed E-state index contributed by atoms with van der Waals surface area (Å²) < 4.78 is 25.9. The monoisotopic (exact) mass is 403 g/mol. The van der Waals surface area contributed by atoms with Crippen molar-refractivity contribution in [2.75, 3.05) is 25.9 Å². The van der Waals surface area contributed by atoms with E-state index in [1.807, 2.05) is 37.3 Å². The van der Waals surface area contributed by atoms with E-state index >= 15 is 0 Å². The first-order valence-corrected chi connectivity index (χ1v) is 10.7. The largest absolute Gasteiger partial charge is 0.354 e. The van der Waals surface area contributed by atoms with E-state index in [0.717, 1.165) is 9.20 Å². The highest BCUT2D eigenvalue weighted by molar-refractivity contribution is 7.99. The van der Waals surface area contributed by atoms with Crippen LogP contribution in [0.25, 0.3) is 0 Å². The van der Waals surface area contributed by atoms with Crippen molar-refractivity contribution in [1.82, 2.24) is 9.62 Å². The lowest BCUT2D eigenvalue weighted by atomic mass is 10.2.